The van der Waals surface area contributed by atoms with Crippen molar-refractivity contribution in [3.63, 3.8) is 0 Å². The third kappa shape index (κ3) is 2.38. The molecule has 0 spiro atoms. The Morgan fingerprint density at radius 2 is 2.00 bits per heavy atom. The Balaban J connectivity index is 2.32. The monoisotopic (exact) mass is 219 g/mol. The molecule has 2 rings (SSSR count). The predicted octanol–water partition coefficient (Wildman–Crippen LogP) is 3.29. The van der Waals surface area contributed by atoms with Gasteiger partial charge in [-0.2, -0.15) is 0 Å². The second kappa shape index (κ2) is 4.10. The van der Waals surface area contributed by atoms with Crippen molar-refractivity contribution in [2.24, 2.45) is 0 Å². The van der Waals surface area contributed by atoms with E-state index in [-0.39, 0.29) is 5.60 Å². The molecule has 2 nitrogen and oxygen atoms in total. The van der Waals surface area contributed by atoms with Crippen molar-refractivity contribution in [2.75, 3.05) is 0 Å². The number of ether oxygens (including phenoxy) is 1. The van der Waals surface area contributed by atoms with Gasteiger partial charge in [-0.25, -0.2) is 0 Å². The van der Waals surface area contributed by atoms with Gasteiger partial charge in [0, 0.05) is 24.1 Å². The van der Waals surface area contributed by atoms with E-state index in [1.807, 2.05) is 6.07 Å². The molecule has 1 N–H and O–H groups in total. The number of fused-ring (bicyclic) bond motifs is 1. The lowest BCUT2D eigenvalue weighted by molar-refractivity contribution is 0.0645. The molecule has 1 aromatic rings. The summed E-state index contributed by atoms with van der Waals surface area (Å²) in [6, 6.07) is 9.23. The summed E-state index contributed by atoms with van der Waals surface area (Å²) in [5.41, 5.74) is 1.21. The maximum absolute atomic E-state index is 5.99. The number of benzene rings is 1. The molecule has 2 heteroatoms. The van der Waals surface area contributed by atoms with Gasteiger partial charge < -0.3 is 10.1 Å². The maximum atomic E-state index is 5.99. The van der Waals surface area contributed by atoms with E-state index in [9.17, 15) is 0 Å². The molecule has 0 fully saturated rings. The molecule has 0 radical (unpaired) electrons. The fourth-order valence-corrected chi connectivity index (χ4v) is 2.35. The highest BCUT2D eigenvalue weighted by molar-refractivity contribution is 5.38. The molecule has 0 bridgehead atoms. The number of para-hydroxylation sites is 1. The van der Waals surface area contributed by atoms with E-state index in [0.717, 1.165) is 12.2 Å². The molecule has 0 amide bonds. The summed E-state index contributed by atoms with van der Waals surface area (Å²) in [5.74, 6) is 1.02. The summed E-state index contributed by atoms with van der Waals surface area (Å²) >= 11 is 0. The van der Waals surface area contributed by atoms with Crippen LogP contribution >= 0.6 is 0 Å². The Morgan fingerprint density at radius 1 is 1.31 bits per heavy atom. The van der Waals surface area contributed by atoms with Crippen LogP contribution in [0.25, 0.3) is 0 Å². The molecule has 0 saturated carbocycles. The first-order chi connectivity index (χ1) is 7.48. The average Bonchev–Trinajstić information content (AvgIpc) is 2.14. The van der Waals surface area contributed by atoms with Crippen LogP contribution < -0.4 is 10.1 Å². The zero-order valence-corrected chi connectivity index (χ0v) is 10.6. The number of hydrogen-bond acceptors (Lipinski definition) is 2. The Hall–Kier alpha value is -1.02. The highest BCUT2D eigenvalue weighted by atomic mass is 16.5. The third-order valence-corrected chi connectivity index (χ3v) is 2.91. The first-order valence-corrected chi connectivity index (χ1v) is 6.02. The molecule has 1 aromatic carbocycles. The van der Waals surface area contributed by atoms with Crippen LogP contribution in [0, 0.1) is 0 Å². The highest BCUT2D eigenvalue weighted by Crippen LogP contribution is 2.39. The van der Waals surface area contributed by atoms with Crippen molar-refractivity contribution >= 4 is 0 Å². The fourth-order valence-electron chi connectivity index (χ4n) is 2.35. The van der Waals surface area contributed by atoms with Crippen LogP contribution in [0.3, 0.4) is 0 Å². The lowest BCUT2D eigenvalue weighted by Crippen LogP contribution is -2.41. The molecule has 16 heavy (non-hydrogen) atoms. The van der Waals surface area contributed by atoms with Gasteiger partial charge in [-0.05, 0) is 19.9 Å². The van der Waals surface area contributed by atoms with E-state index < -0.39 is 0 Å². The summed E-state index contributed by atoms with van der Waals surface area (Å²) in [5, 5.41) is 3.61. The Morgan fingerprint density at radius 3 is 2.69 bits per heavy atom. The van der Waals surface area contributed by atoms with Gasteiger partial charge in [0.2, 0.25) is 0 Å². The van der Waals surface area contributed by atoms with E-state index >= 15 is 0 Å². The molecular weight excluding hydrogens is 198 g/mol. The predicted molar refractivity (Wildman–Crippen MR) is 66.8 cm³/mol. The summed E-state index contributed by atoms with van der Waals surface area (Å²) in [6.45, 7) is 8.67. The van der Waals surface area contributed by atoms with Gasteiger partial charge in [-0.1, -0.05) is 32.0 Å². The molecule has 0 aliphatic carbocycles. The highest BCUT2D eigenvalue weighted by Gasteiger charge is 2.33. The van der Waals surface area contributed by atoms with Crippen molar-refractivity contribution in [3.8, 4) is 5.75 Å². The van der Waals surface area contributed by atoms with Crippen LogP contribution in [0.2, 0.25) is 0 Å². The molecule has 88 valence electrons. The van der Waals surface area contributed by atoms with Gasteiger partial charge in [0.25, 0.3) is 0 Å². The van der Waals surface area contributed by atoms with Gasteiger partial charge in [0.1, 0.15) is 11.4 Å². The molecule has 1 aliphatic heterocycles. The smallest absolute Gasteiger partial charge is 0.124 e. The molecule has 0 unspecified atom stereocenters. The lowest BCUT2D eigenvalue weighted by Gasteiger charge is -2.38. The van der Waals surface area contributed by atoms with Crippen LogP contribution in [-0.2, 0) is 0 Å². The van der Waals surface area contributed by atoms with Crippen molar-refractivity contribution in [1.82, 2.24) is 5.32 Å². The van der Waals surface area contributed by atoms with Gasteiger partial charge in [0.05, 0.1) is 0 Å². The summed E-state index contributed by atoms with van der Waals surface area (Å²) in [7, 11) is 0. The minimum absolute atomic E-state index is 0.0824. The van der Waals surface area contributed by atoms with Crippen LogP contribution in [0.5, 0.6) is 5.75 Å². The van der Waals surface area contributed by atoms with Crippen LogP contribution in [0.4, 0.5) is 0 Å². The van der Waals surface area contributed by atoms with Crippen molar-refractivity contribution in [2.45, 2.75) is 51.8 Å². The van der Waals surface area contributed by atoms with Gasteiger partial charge in [-0.3, -0.25) is 0 Å². The van der Waals surface area contributed by atoms with Gasteiger partial charge in [0.15, 0.2) is 0 Å². The Bertz CT molecular complexity index is 371. The zero-order valence-electron chi connectivity index (χ0n) is 10.6. The first-order valence-electron chi connectivity index (χ1n) is 6.02. The van der Waals surface area contributed by atoms with Gasteiger partial charge in [-0.15, -0.1) is 0 Å². The molecule has 1 atom stereocenters. The zero-order chi connectivity index (χ0) is 11.8. The minimum Gasteiger partial charge on any atom is -0.487 e. The SMILES string of the molecule is CC(C)N[C@@H]1CC(C)(C)Oc2ccccc21. The summed E-state index contributed by atoms with van der Waals surface area (Å²) in [4.78, 5) is 0. The standard InChI is InChI=1S/C14H21NO/c1-10(2)15-12-9-14(3,4)16-13-8-6-5-7-11(12)13/h5-8,10,12,15H,9H2,1-4H3/t12-/m1/s1. The molecule has 0 aromatic heterocycles. The number of nitrogens with one attached hydrogen (secondary N) is 1. The van der Waals surface area contributed by atoms with Crippen molar-refractivity contribution in [3.05, 3.63) is 29.8 Å². The number of hydrogen-bond donors (Lipinski definition) is 1. The van der Waals surface area contributed by atoms with Gasteiger partial charge >= 0.3 is 0 Å². The first kappa shape index (κ1) is 11.5. The molecule has 1 heterocycles. The topological polar surface area (TPSA) is 21.3 Å². The van der Waals surface area contributed by atoms with Crippen LogP contribution in [-0.4, -0.2) is 11.6 Å². The van der Waals surface area contributed by atoms with E-state index in [1.54, 1.807) is 0 Å². The summed E-state index contributed by atoms with van der Waals surface area (Å²) < 4.78 is 5.99. The third-order valence-electron chi connectivity index (χ3n) is 2.91. The maximum Gasteiger partial charge on any atom is 0.124 e. The number of rotatable bonds is 2. The van der Waals surface area contributed by atoms with E-state index in [1.165, 1.54) is 5.56 Å². The lowest BCUT2D eigenvalue weighted by atomic mass is 9.89. The Labute approximate surface area is 98.0 Å². The van der Waals surface area contributed by atoms with E-state index in [4.69, 9.17) is 4.74 Å². The molecule has 0 saturated heterocycles. The normalized spacial score (nSPS) is 22.7. The average molecular weight is 219 g/mol. The minimum atomic E-state index is -0.0824. The van der Waals surface area contributed by atoms with Crippen molar-refractivity contribution < 1.29 is 4.74 Å². The fraction of sp³-hybridized carbons (Fsp3) is 0.571. The molecule has 1 aliphatic rings. The molecular formula is C14H21NO. The van der Waals surface area contributed by atoms with Crippen molar-refractivity contribution in [1.29, 1.82) is 0 Å². The Kier molecular flexibility index (Phi) is 2.94. The quantitative estimate of drug-likeness (QED) is 0.824. The summed E-state index contributed by atoms with van der Waals surface area (Å²) in [6.07, 6.45) is 1.02. The second-order valence-corrected chi connectivity index (χ2v) is 5.48. The van der Waals surface area contributed by atoms with Crippen LogP contribution in [0.15, 0.2) is 24.3 Å². The van der Waals surface area contributed by atoms with E-state index in [0.29, 0.717) is 12.1 Å². The second-order valence-electron chi connectivity index (χ2n) is 5.48. The largest absolute Gasteiger partial charge is 0.487 e. The van der Waals surface area contributed by atoms with Crippen LogP contribution in [0.1, 0.15) is 45.7 Å². The van der Waals surface area contributed by atoms with E-state index in [2.05, 4.69) is 51.2 Å².